The number of nitro benzene ring substituents is 1. The SMILES string of the molecule is CCC(NCCCCC(F)(F)F)c1cccc([N+](=O)[O-])c1. The molecule has 0 heterocycles. The third-order valence-corrected chi connectivity index (χ3v) is 3.17. The second-order valence-corrected chi connectivity index (χ2v) is 4.84. The first-order valence-corrected chi connectivity index (χ1v) is 6.88. The van der Waals surface area contributed by atoms with Gasteiger partial charge >= 0.3 is 6.18 Å². The number of unbranched alkanes of at least 4 members (excludes halogenated alkanes) is 1. The van der Waals surface area contributed by atoms with Gasteiger partial charge in [-0.2, -0.15) is 13.2 Å². The van der Waals surface area contributed by atoms with E-state index < -0.39 is 17.5 Å². The summed E-state index contributed by atoms with van der Waals surface area (Å²) in [7, 11) is 0. The number of halogens is 3. The largest absolute Gasteiger partial charge is 0.389 e. The van der Waals surface area contributed by atoms with Crippen LogP contribution in [0.4, 0.5) is 18.9 Å². The Morgan fingerprint density at radius 1 is 1.33 bits per heavy atom. The molecule has 0 aromatic heterocycles. The number of nitro groups is 1. The van der Waals surface area contributed by atoms with Crippen molar-refractivity contribution < 1.29 is 18.1 Å². The standard InChI is InChI=1S/C14H19F3N2O2/c1-2-13(18-9-4-3-8-14(15,16)17)11-6-5-7-12(10-11)19(20)21/h5-7,10,13,18H,2-4,8-9H2,1H3. The van der Waals surface area contributed by atoms with Gasteiger partial charge in [-0.3, -0.25) is 10.1 Å². The summed E-state index contributed by atoms with van der Waals surface area (Å²) in [6.07, 6.45) is -3.67. The van der Waals surface area contributed by atoms with Gasteiger partial charge < -0.3 is 5.32 Å². The molecule has 1 atom stereocenters. The van der Waals surface area contributed by atoms with Crippen LogP contribution in [0.1, 0.15) is 44.2 Å². The van der Waals surface area contributed by atoms with E-state index in [1.807, 2.05) is 6.92 Å². The van der Waals surface area contributed by atoms with Crippen LogP contribution >= 0.6 is 0 Å². The van der Waals surface area contributed by atoms with Gasteiger partial charge in [0.2, 0.25) is 0 Å². The maximum absolute atomic E-state index is 12.0. The molecule has 0 aliphatic heterocycles. The molecule has 4 nitrogen and oxygen atoms in total. The predicted octanol–water partition coefficient (Wildman–Crippen LogP) is 4.37. The van der Waals surface area contributed by atoms with E-state index in [1.165, 1.54) is 12.1 Å². The Kier molecular flexibility index (Phi) is 6.61. The molecule has 0 spiro atoms. The van der Waals surface area contributed by atoms with Crippen molar-refractivity contribution in [2.75, 3.05) is 6.54 Å². The smallest absolute Gasteiger partial charge is 0.310 e. The number of alkyl halides is 3. The Morgan fingerprint density at radius 3 is 2.62 bits per heavy atom. The quantitative estimate of drug-likeness (QED) is 0.441. The minimum absolute atomic E-state index is 0.0184. The molecule has 21 heavy (non-hydrogen) atoms. The van der Waals surface area contributed by atoms with E-state index in [0.29, 0.717) is 19.4 Å². The van der Waals surface area contributed by atoms with Crippen LogP contribution in [0.3, 0.4) is 0 Å². The minimum atomic E-state index is -4.11. The van der Waals surface area contributed by atoms with E-state index in [2.05, 4.69) is 5.32 Å². The lowest BCUT2D eigenvalue weighted by Crippen LogP contribution is -2.22. The highest BCUT2D eigenvalue weighted by atomic mass is 19.4. The molecule has 0 bridgehead atoms. The van der Waals surface area contributed by atoms with Gasteiger partial charge in [0.05, 0.1) is 4.92 Å². The van der Waals surface area contributed by atoms with Crippen molar-refractivity contribution in [3.8, 4) is 0 Å². The fourth-order valence-electron chi connectivity index (χ4n) is 2.08. The summed E-state index contributed by atoms with van der Waals surface area (Å²) >= 11 is 0. The summed E-state index contributed by atoms with van der Waals surface area (Å²) < 4.78 is 36.0. The number of hydrogen-bond donors (Lipinski definition) is 1. The summed E-state index contributed by atoms with van der Waals surface area (Å²) in [6.45, 7) is 2.38. The van der Waals surface area contributed by atoms with Crippen LogP contribution in [0, 0.1) is 10.1 Å². The van der Waals surface area contributed by atoms with Crippen molar-refractivity contribution in [2.24, 2.45) is 0 Å². The average molecular weight is 304 g/mol. The summed E-state index contributed by atoms with van der Waals surface area (Å²) in [5, 5.41) is 13.9. The van der Waals surface area contributed by atoms with E-state index in [-0.39, 0.29) is 18.2 Å². The minimum Gasteiger partial charge on any atom is -0.310 e. The zero-order valence-corrected chi connectivity index (χ0v) is 11.8. The molecule has 7 heteroatoms. The van der Waals surface area contributed by atoms with Crippen molar-refractivity contribution in [2.45, 2.75) is 44.8 Å². The Bertz CT molecular complexity index is 464. The van der Waals surface area contributed by atoms with Gasteiger partial charge in [0, 0.05) is 24.6 Å². The zero-order chi connectivity index (χ0) is 15.9. The lowest BCUT2D eigenvalue weighted by molar-refractivity contribution is -0.384. The molecule has 118 valence electrons. The molecule has 1 unspecified atom stereocenters. The second-order valence-electron chi connectivity index (χ2n) is 4.84. The topological polar surface area (TPSA) is 55.2 Å². The fraction of sp³-hybridized carbons (Fsp3) is 0.571. The molecule has 0 amide bonds. The van der Waals surface area contributed by atoms with Gasteiger partial charge in [-0.1, -0.05) is 19.1 Å². The molecular formula is C14H19F3N2O2. The van der Waals surface area contributed by atoms with Crippen molar-refractivity contribution >= 4 is 5.69 Å². The number of non-ortho nitro benzene ring substituents is 1. The summed E-state index contributed by atoms with van der Waals surface area (Å²) in [5.41, 5.74) is 0.798. The Morgan fingerprint density at radius 2 is 2.05 bits per heavy atom. The normalized spacial score (nSPS) is 13.1. The lowest BCUT2D eigenvalue weighted by atomic mass is 10.0. The highest BCUT2D eigenvalue weighted by molar-refractivity contribution is 5.35. The van der Waals surface area contributed by atoms with Gasteiger partial charge in [-0.15, -0.1) is 0 Å². The van der Waals surface area contributed by atoms with Crippen LogP contribution in [0.25, 0.3) is 0 Å². The van der Waals surface area contributed by atoms with Gasteiger partial charge in [0.1, 0.15) is 0 Å². The molecule has 1 aromatic carbocycles. The van der Waals surface area contributed by atoms with E-state index >= 15 is 0 Å². The van der Waals surface area contributed by atoms with Crippen LogP contribution in [-0.2, 0) is 0 Å². The molecule has 0 saturated heterocycles. The summed E-state index contributed by atoms with van der Waals surface area (Å²) in [6, 6.07) is 6.22. The third-order valence-electron chi connectivity index (χ3n) is 3.17. The Balaban J connectivity index is 2.48. The maximum atomic E-state index is 12.0. The van der Waals surface area contributed by atoms with Crippen LogP contribution in [0.2, 0.25) is 0 Å². The average Bonchev–Trinajstić information content (AvgIpc) is 2.41. The molecule has 0 aliphatic carbocycles. The molecule has 0 saturated carbocycles. The lowest BCUT2D eigenvalue weighted by Gasteiger charge is -2.17. The van der Waals surface area contributed by atoms with E-state index in [0.717, 1.165) is 5.56 Å². The second kappa shape index (κ2) is 7.97. The van der Waals surface area contributed by atoms with Crippen molar-refractivity contribution in [1.29, 1.82) is 0 Å². The highest BCUT2D eigenvalue weighted by Crippen LogP contribution is 2.23. The summed E-state index contributed by atoms with van der Waals surface area (Å²) in [5.74, 6) is 0. The molecular weight excluding hydrogens is 285 g/mol. The van der Waals surface area contributed by atoms with Crippen molar-refractivity contribution in [1.82, 2.24) is 5.32 Å². The third kappa shape index (κ3) is 6.57. The first-order valence-electron chi connectivity index (χ1n) is 6.88. The Labute approximate surface area is 121 Å². The van der Waals surface area contributed by atoms with Crippen LogP contribution in [0.5, 0.6) is 0 Å². The number of nitrogens with one attached hydrogen (secondary N) is 1. The van der Waals surface area contributed by atoms with Gasteiger partial charge in [0.15, 0.2) is 0 Å². The first kappa shape index (κ1) is 17.4. The van der Waals surface area contributed by atoms with Crippen molar-refractivity contribution in [3.05, 3.63) is 39.9 Å². The number of nitrogens with zero attached hydrogens (tertiary/aromatic N) is 1. The monoisotopic (exact) mass is 304 g/mol. The van der Waals surface area contributed by atoms with Gasteiger partial charge in [0.25, 0.3) is 5.69 Å². The van der Waals surface area contributed by atoms with Crippen molar-refractivity contribution in [3.63, 3.8) is 0 Å². The predicted molar refractivity (Wildman–Crippen MR) is 74.0 cm³/mol. The first-order chi connectivity index (χ1) is 9.83. The number of rotatable bonds is 8. The number of hydrogen-bond acceptors (Lipinski definition) is 3. The zero-order valence-electron chi connectivity index (χ0n) is 11.8. The van der Waals surface area contributed by atoms with E-state index in [1.54, 1.807) is 12.1 Å². The highest BCUT2D eigenvalue weighted by Gasteiger charge is 2.25. The molecule has 0 aliphatic rings. The molecule has 0 fully saturated rings. The molecule has 1 rings (SSSR count). The fourth-order valence-corrected chi connectivity index (χ4v) is 2.08. The van der Waals surface area contributed by atoms with E-state index in [4.69, 9.17) is 0 Å². The Hall–Kier alpha value is -1.63. The molecule has 1 aromatic rings. The van der Waals surface area contributed by atoms with Gasteiger partial charge in [-0.25, -0.2) is 0 Å². The molecule has 0 radical (unpaired) electrons. The summed E-state index contributed by atoms with van der Waals surface area (Å²) in [4.78, 5) is 10.3. The van der Waals surface area contributed by atoms with E-state index in [9.17, 15) is 23.3 Å². The molecule has 1 N–H and O–H groups in total. The van der Waals surface area contributed by atoms with Gasteiger partial charge in [-0.05, 0) is 31.4 Å². The maximum Gasteiger partial charge on any atom is 0.389 e. The number of benzene rings is 1. The van der Waals surface area contributed by atoms with Crippen LogP contribution in [-0.4, -0.2) is 17.6 Å². The van der Waals surface area contributed by atoms with Crippen LogP contribution in [0.15, 0.2) is 24.3 Å². The van der Waals surface area contributed by atoms with Crippen LogP contribution < -0.4 is 5.32 Å².